The number of hydrogen-bond acceptors (Lipinski definition) is 6. The number of ether oxygens (including phenoxy) is 1. The van der Waals surface area contributed by atoms with Crippen LogP contribution >= 0.6 is 0 Å². The molecule has 128 valence electrons. The van der Waals surface area contributed by atoms with E-state index in [2.05, 4.69) is 26.8 Å². The van der Waals surface area contributed by atoms with Crippen LogP contribution in [0.1, 0.15) is 24.0 Å². The van der Waals surface area contributed by atoms with E-state index in [1.54, 1.807) is 31.5 Å². The number of nitrogens with zero attached hydrogens (tertiary/aromatic N) is 1. The molecule has 0 amide bonds. The highest BCUT2D eigenvalue weighted by Gasteiger charge is 2.35. The standard InChI is InChI=1S/C17H16N4O4/c1-3-8-25-16(23)11-9(2)19-14-13(15(22)21-17(24)20-14)12(11)10-4-6-18-7-5-10/h3-7,12H,1,8H2,2H3,(H3,19,20,21,22,24)/t12-/m1/s1. The van der Waals surface area contributed by atoms with Crippen molar-refractivity contribution < 1.29 is 9.53 Å². The maximum atomic E-state index is 12.6. The quantitative estimate of drug-likeness (QED) is 0.565. The van der Waals surface area contributed by atoms with E-state index in [1.165, 1.54) is 6.08 Å². The van der Waals surface area contributed by atoms with Crippen molar-refractivity contribution in [1.82, 2.24) is 15.0 Å². The molecule has 3 heterocycles. The highest BCUT2D eigenvalue weighted by molar-refractivity contribution is 5.94. The predicted molar refractivity (Wildman–Crippen MR) is 91.2 cm³/mol. The molecule has 0 unspecified atom stereocenters. The minimum Gasteiger partial charge on any atom is -0.458 e. The number of rotatable bonds is 4. The number of pyridine rings is 1. The van der Waals surface area contributed by atoms with Gasteiger partial charge in [0.1, 0.15) is 12.4 Å². The van der Waals surface area contributed by atoms with Crippen LogP contribution in [0.15, 0.2) is 58.0 Å². The first kappa shape index (κ1) is 16.4. The van der Waals surface area contributed by atoms with Gasteiger partial charge in [0.2, 0.25) is 0 Å². The van der Waals surface area contributed by atoms with Gasteiger partial charge in [-0.25, -0.2) is 9.59 Å². The van der Waals surface area contributed by atoms with Gasteiger partial charge in [-0.3, -0.25) is 19.7 Å². The molecule has 0 radical (unpaired) electrons. The largest absolute Gasteiger partial charge is 0.458 e. The van der Waals surface area contributed by atoms with E-state index in [0.717, 1.165) is 0 Å². The van der Waals surface area contributed by atoms with Gasteiger partial charge in [-0.2, -0.15) is 0 Å². The second-order valence-electron chi connectivity index (χ2n) is 5.46. The number of allylic oxidation sites excluding steroid dienone is 1. The smallest absolute Gasteiger partial charge is 0.337 e. The summed E-state index contributed by atoms with van der Waals surface area (Å²) in [7, 11) is 0. The molecule has 0 saturated carbocycles. The van der Waals surface area contributed by atoms with Crippen LogP contribution in [-0.4, -0.2) is 27.5 Å². The average molecular weight is 340 g/mol. The van der Waals surface area contributed by atoms with Gasteiger partial charge in [0.15, 0.2) is 0 Å². The summed E-state index contributed by atoms with van der Waals surface area (Å²) in [5.74, 6) is -1.01. The van der Waals surface area contributed by atoms with Crippen LogP contribution in [0.5, 0.6) is 0 Å². The third-order valence-corrected chi connectivity index (χ3v) is 3.87. The molecule has 0 aliphatic carbocycles. The Kier molecular flexibility index (Phi) is 4.34. The molecule has 8 heteroatoms. The van der Waals surface area contributed by atoms with E-state index < -0.39 is 23.1 Å². The van der Waals surface area contributed by atoms with Crippen LogP contribution in [0.2, 0.25) is 0 Å². The fourth-order valence-corrected chi connectivity index (χ4v) is 2.86. The zero-order chi connectivity index (χ0) is 18.0. The topological polar surface area (TPSA) is 117 Å². The Morgan fingerprint density at radius 3 is 2.72 bits per heavy atom. The Labute approximate surface area is 142 Å². The first-order valence-corrected chi connectivity index (χ1v) is 7.55. The Hall–Kier alpha value is -3.42. The lowest BCUT2D eigenvalue weighted by atomic mass is 9.83. The SMILES string of the molecule is C=CCOC(=O)C1=C(C)Nc2[nH]c(=O)[nH]c(=O)c2[C@@H]1c1ccncc1. The number of carbonyl (C=O) groups is 1. The van der Waals surface area contributed by atoms with Crippen LogP contribution < -0.4 is 16.6 Å². The maximum absolute atomic E-state index is 12.6. The minimum atomic E-state index is -0.697. The van der Waals surface area contributed by atoms with Crippen molar-refractivity contribution >= 4 is 11.8 Å². The Balaban J connectivity index is 2.23. The van der Waals surface area contributed by atoms with E-state index in [1.807, 2.05) is 0 Å². The number of esters is 1. The second-order valence-corrected chi connectivity index (χ2v) is 5.46. The molecule has 0 bridgehead atoms. The van der Waals surface area contributed by atoms with Gasteiger partial charge in [0, 0.05) is 18.1 Å². The first-order valence-electron chi connectivity index (χ1n) is 7.55. The van der Waals surface area contributed by atoms with Crippen LogP contribution in [0.3, 0.4) is 0 Å². The fourth-order valence-electron chi connectivity index (χ4n) is 2.86. The van der Waals surface area contributed by atoms with Gasteiger partial charge < -0.3 is 10.1 Å². The molecule has 0 saturated heterocycles. The van der Waals surface area contributed by atoms with Gasteiger partial charge in [-0.15, -0.1) is 0 Å². The number of carbonyl (C=O) groups excluding carboxylic acids is 1. The van der Waals surface area contributed by atoms with E-state index >= 15 is 0 Å². The van der Waals surface area contributed by atoms with Crippen molar-refractivity contribution in [1.29, 1.82) is 0 Å². The molecule has 1 aliphatic heterocycles. The molecule has 3 N–H and O–H groups in total. The Bertz CT molecular complexity index is 972. The molecule has 0 aromatic carbocycles. The average Bonchev–Trinajstić information content (AvgIpc) is 2.59. The monoisotopic (exact) mass is 340 g/mol. The molecule has 3 rings (SSSR count). The predicted octanol–water partition coefficient (Wildman–Crippen LogP) is 1.02. The Morgan fingerprint density at radius 2 is 2.04 bits per heavy atom. The van der Waals surface area contributed by atoms with Crippen LogP contribution in [0.4, 0.5) is 5.82 Å². The van der Waals surface area contributed by atoms with Gasteiger partial charge in [0.05, 0.1) is 17.1 Å². The molecule has 0 fully saturated rings. The van der Waals surface area contributed by atoms with Crippen molar-refractivity contribution in [3.63, 3.8) is 0 Å². The number of aromatic nitrogens is 3. The summed E-state index contributed by atoms with van der Waals surface area (Å²) >= 11 is 0. The van der Waals surface area contributed by atoms with Crippen LogP contribution in [-0.2, 0) is 9.53 Å². The van der Waals surface area contributed by atoms with Crippen molar-refractivity contribution in [3.05, 3.63) is 80.4 Å². The summed E-state index contributed by atoms with van der Waals surface area (Å²) in [6.45, 7) is 5.25. The highest BCUT2D eigenvalue weighted by atomic mass is 16.5. The lowest BCUT2D eigenvalue weighted by molar-refractivity contribution is -0.138. The summed E-state index contributed by atoms with van der Waals surface area (Å²) in [6.07, 6.45) is 4.60. The number of aromatic amines is 2. The fraction of sp³-hybridized carbons (Fsp3) is 0.176. The normalized spacial score (nSPS) is 16.0. The van der Waals surface area contributed by atoms with Crippen LogP contribution in [0, 0.1) is 0 Å². The molecule has 2 aromatic heterocycles. The van der Waals surface area contributed by atoms with E-state index in [4.69, 9.17) is 4.74 Å². The van der Waals surface area contributed by atoms with E-state index in [-0.39, 0.29) is 23.6 Å². The van der Waals surface area contributed by atoms with Gasteiger partial charge in [-0.05, 0) is 24.6 Å². The number of hydrogen-bond donors (Lipinski definition) is 3. The van der Waals surface area contributed by atoms with Gasteiger partial charge in [-0.1, -0.05) is 12.7 Å². The van der Waals surface area contributed by atoms with Crippen molar-refractivity contribution in [2.24, 2.45) is 0 Å². The summed E-state index contributed by atoms with van der Waals surface area (Å²) in [5.41, 5.74) is 0.495. The minimum absolute atomic E-state index is 0.0491. The van der Waals surface area contributed by atoms with Crippen LogP contribution in [0.25, 0.3) is 0 Å². The number of fused-ring (bicyclic) bond motifs is 1. The van der Waals surface area contributed by atoms with Crippen molar-refractivity contribution in [3.8, 4) is 0 Å². The third-order valence-electron chi connectivity index (χ3n) is 3.87. The highest BCUT2D eigenvalue weighted by Crippen LogP contribution is 2.38. The molecular weight excluding hydrogens is 324 g/mol. The lowest BCUT2D eigenvalue weighted by Gasteiger charge is -2.28. The first-order chi connectivity index (χ1) is 12.0. The van der Waals surface area contributed by atoms with Crippen molar-refractivity contribution in [2.75, 3.05) is 11.9 Å². The third kappa shape index (κ3) is 3.01. The van der Waals surface area contributed by atoms with Crippen molar-refractivity contribution in [2.45, 2.75) is 12.8 Å². The molecule has 1 aliphatic rings. The summed E-state index contributed by atoms with van der Waals surface area (Å²) in [5, 5.41) is 2.91. The molecular formula is C17H16N4O4. The van der Waals surface area contributed by atoms with E-state index in [0.29, 0.717) is 11.3 Å². The summed E-state index contributed by atoms with van der Waals surface area (Å²) < 4.78 is 5.18. The molecule has 0 spiro atoms. The zero-order valence-corrected chi connectivity index (χ0v) is 13.5. The lowest BCUT2D eigenvalue weighted by Crippen LogP contribution is -2.35. The van der Waals surface area contributed by atoms with Gasteiger partial charge >= 0.3 is 11.7 Å². The summed E-state index contributed by atoms with van der Waals surface area (Å²) in [6, 6.07) is 3.41. The molecule has 8 nitrogen and oxygen atoms in total. The van der Waals surface area contributed by atoms with E-state index in [9.17, 15) is 14.4 Å². The second kappa shape index (κ2) is 6.60. The van der Waals surface area contributed by atoms with Gasteiger partial charge in [0.25, 0.3) is 5.56 Å². The molecule has 2 aromatic rings. The number of nitrogens with one attached hydrogen (secondary N) is 3. The molecule has 25 heavy (non-hydrogen) atoms. The summed E-state index contributed by atoms with van der Waals surface area (Å²) in [4.78, 5) is 45.3. The number of H-pyrrole nitrogens is 2. The Morgan fingerprint density at radius 1 is 1.32 bits per heavy atom. The molecule has 1 atom stereocenters. The zero-order valence-electron chi connectivity index (χ0n) is 13.5. The number of anilines is 1. The maximum Gasteiger partial charge on any atom is 0.337 e.